The lowest BCUT2D eigenvalue weighted by Crippen LogP contribution is -2.38. The minimum absolute atomic E-state index is 0.0184. The van der Waals surface area contributed by atoms with Crippen molar-refractivity contribution in [2.75, 3.05) is 18.1 Å². The van der Waals surface area contributed by atoms with Crippen molar-refractivity contribution in [3.05, 3.63) is 54.6 Å². The summed E-state index contributed by atoms with van der Waals surface area (Å²) in [6.07, 6.45) is 0.472. The van der Waals surface area contributed by atoms with Gasteiger partial charge in [0.05, 0.1) is 11.5 Å². The molecule has 0 aliphatic carbocycles. The molecule has 1 amide bonds. The van der Waals surface area contributed by atoms with Crippen LogP contribution < -0.4 is 10.1 Å². The Morgan fingerprint density at radius 3 is 2.33 bits per heavy atom. The minimum Gasteiger partial charge on any atom is -0.484 e. The van der Waals surface area contributed by atoms with E-state index in [9.17, 15) is 13.2 Å². The molecular formula is C18H19NO4S. The quantitative estimate of drug-likeness (QED) is 0.900. The van der Waals surface area contributed by atoms with Crippen molar-refractivity contribution in [3.8, 4) is 16.9 Å². The van der Waals surface area contributed by atoms with Gasteiger partial charge in [-0.25, -0.2) is 8.42 Å². The minimum atomic E-state index is -2.99. The second kappa shape index (κ2) is 7.05. The van der Waals surface area contributed by atoms with Gasteiger partial charge in [-0.15, -0.1) is 0 Å². The second-order valence-corrected chi connectivity index (χ2v) is 8.08. The van der Waals surface area contributed by atoms with Gasteiger partial charge in [-0.3, -0.25) is 4.79 Å². The third kappa shape index (κ3) is 4.35. The fraction of sp³-hybridized carbons (Fsp3) is 0.278. The zero-order chi connectivity index (χ0) is 17.0. The first-order valence-electron chi connectivity index (χ1n) is 7.80. The number of hydrogen-bond donors (Lipinski definition) is 1. The molecule has 5 nitrogen and oxygen atoms in total. The van der Waals surface area contributed by atoms with E-state index in [0.717, 1.165) is 11.1 Å². The Labute approximate surface area is 141 Å². The molecule has 1 atom stereocenters. The maximum Gasteiger partial charge on any atom is 0.258 e. The number of amides is 1. The Balaban J connectivity index is 1.51. The average Bonchev–Trinajstić information content (AvgIpc) is 2.93. The van der Waals surface area contributed by atoms with Gasteiger partial charge in [0.15, 0.2) is 16.4 Å². The standard InChI is InChI=1S/C18H19NO4S/c20-18(19-16-10-11-24(21,22)13-16)12-23-17-8-6-15(7-9-17)14-4-2-1-3-5-14/h1-9,16H,10-13H2,(H,19,20). The fourth-order valence-electron chi connectivity index (χ4n) is 2.70. The van der Waals surface area contributed by atoms with Crippen LogP contribution in [0, 0.1) is 0 Å². The number of carbonyl (C=O) groups is 1. The van der Waals surface area contributed by atoms with Crippen LogP contribution in [0.2, 0.25) is 0 Å². The van der Waals surface area contributed by atoms with E-state index >= 15 is 0 Å². The lowest BCUT2D eigenvalue weighted by atomic mass is 10.1. The molecule has 1 unspecified atom stereocenters. The first-order valence-corrected chi connectivity index (χ1v) is 9.62. The maximum absolute atomic E-state index is 11.8. The molecule has 0 radical (unpaired) electrons. The summed E-state index contributed by atoms with van der Waals surface area (Å²) >= 11 is 0. The highest BCUT2D eigenvalue weighted by Crippen LogP contribution is 2.22. The van der Waals surface area contributed by atoms with E-state index in [0.29, 0.717) is 12.2 Å². The summed E-state index contributed by atoms with van der Waals surface area (Å²) in [5.41, 5.74) is 2.19. The zero-order valence-electron chi connectivity index (χ0n) is 13.1. The van der Waals surface area contributed by atoms with Gasteiger partial charge in [0.25, 0.3) is 5.91 Å². The normalized spacial score (nSPS) is 18.9. The molecule has 0 bridgehead atoms. The van der Waals surface area contributed by atoms with E-state index in [2.05, 4.69) is 5.32 Å². The molecule has 24 heavy (non-hydrogen) atoms. The third-order valence-corrected chi connectivity index (χ3v) is 5.70. The van der Waals surface area contributed by atoms with Crippen molar-refractivity contribution < 1.29 is 17.9 Å². The van der Waals surface area contributed by atoms with Gasteiger partial charge in [0.2, 0.25) is 0 Å². The molecule has 0 aromatic heterocycles. The molecule has 2 aromatic rings. The number of carbonyl (C=O) groups excluding carboxylic acids is 1. The molecule has 3 rings (SSSR count). The number of sulfone groups is 1. The summed E-state index contributed by atoms with van der Waals surface area (Å²) in [7, 11) is -2.99. The fourth-order valence-corrected chi connectivity index (χ4v) is 4.37. The predicted octanol–water partition coefficient (Wildman–Crippen LogP) is 2.04. The van der Waals surface area contributed by atoms with Gasteiger partial charge in [0.1, 0.15) is 5.75 Å². The molecule has 1 aliphatic rings. The van der Waals surface area contributed by atoms with E-state index in [1.54, 1.807) is 0 Å². The highest BCUT2D eigenvalue weighted by Gasteiger charge is 2.28. The summed E-state index contributed by atoms with van der Waals surface area (Å²) < 4.78 is 28.2. The van der Waals surface area contributed by atoms with Gasteiger partial charge in [0, 0.05) is 6.04 Å². The summed E-state index contributed by atoms with van der Waals surface area (Å²) in [6.45, 7) is -0.124. The zero-order valence-corrected chi connectivity index (χ0v) is 14.0. The topological polar surface area (TPSA) is 72.5 Å². The van der Waals surface area contributed by atoms with Crippen LogP contribution in [0.5, 0.6) is 5.75 Å². The van der Waals surface area contributed by atoms with Crippen LogP contribution in [-0.4, -0.2) is 38.5 Å². The van der Waals surface area contributed by atoms with E-state index in [-0.39, 0.29) is 30.1 Å². The molecule has 0 spiro atoms. The molecule has 1 saturated heterocycles. The molecule has 1 aliphatic heterocycles. The van der Waals surface area contributed by atoms with E-state index in [4.69, 9.17) is 4.74 Å². The van der Waals surface area contributed by atoms with Gasteiger partial charge >= 0.3 is 0 Å². The number of benzene rings is 2. The largest absolute Gasteiger partial charge is 0.484 e. The van der Waals surface area contributed by atoms with Crippen molar-refractivity contribution in [3.63, 3.8) is 0 Å². The van der Waals surface area contributed by atoms with Crippen LogP contribution in [0.15, 0.2) is 54.6 Å². The highest BCUT2D eigenvalue weighted by atomic mass is 32.2. The van der Waals surface area contributed by atoms with Crippen LogP contribution in [0.4, 0.5) is 0 Å². The van der Waals surface area contributed by atoms with Gasteiger partial charge < -0.3 is 10.1 Å². The molecule has 126 valence electrons. The Hall–Kier alpha value is -2.34. The van der Waals surface area contributed by atoms with Crippen molar-refractivity contribution in [2.45, 2.75) is 12.5 Å². The molecular weight excluding hydrogens is 326 g/mol. The first kappa shape index (κ1) is 16.5. The van der Waals surface area contributed by atoms with Crippen molar-refractivity contribution >= 4 is 15.7 Å². The van der Waals surface area contributed by atoms with E-state index in [1.165, 1.54) is 0 Å². The van der Waals surface area contributed by atoms with Crippen LogP contribution in [0.25, 0.3) is 11.1 Å². The smallest absolute Gasteiger partial charge is 0.258 e. The summed E-state index contributed by atoms with van der Waals surface area (Å²) in [5, 5.41) is 2.70. The van der Waals surface area contributed by atoms with Crippen LogP contribution in [-0.2, 0) is 14.6 Å². The molecule has 2 aromatic carbocycles. The number of hydrogen-bond acceptors (Lipinski definition) is 4. The Morgan fingerprint density at radius 2 is 1.71 bits per heavy atom. The average molecular weight is 345 g/mol. The summed E-state index contributed by atoms with van der Waals surface area (Å²) in [4.78, 5) is 11.8. The van der Waals surface area contributed by atoms with Gasteiger partial charge in [-0.05, 0) is 29.7 Å². The molecule has 1 fully saturated rings. The van der Waals surface area contributed by atoms with Crippen LogP contribution in [0.3, 0.4) is 0 Å². The molecule has 0 saturated carbocycles. The second-order valence-electron chi connectivity index (χ2n) is 5.85. The SMILES string of the molecule is O=C(COc1ccc(-c2ccccc2)cc1)NC1CCS(=O)(=O)C1. The van der Waals surface area contributed by atoms with Crippen molar-refractivity contribution in [1.29, 1.82) is 0 Å². The maximum atomic E-state index is 11.8. The van der Waals surface area contributed by atoms with Crippen LogP contribution in [0.1, 0.15) is 6.42 Å². The number of ether oxygens (including phenoxy) is 1. The molecule has 1 heterocycles. The lowest BCUT2D eigenvalue weighted by Gasteiger charge is -2.12. The first-order chi connectivity index (χ1) is 11.5. The Kier molecular flexibility index (Phi) is 4.85. The highest BCUT2D eigenvalue weighted by molar-refractivity contribution is 7.91. The Bertz CT molecular complexity index is 801. The molecule has 1 N–H and O–H groups in total. The lowest BCUT2D eigenvalue weighted by molar-refractivity contribution is -0.123. The number of rotatable bonds is 5. The number of nitrogens with one attached hydrogen (secondary N) is 1. The molecule has 6 heteroatoms. The third-order valence-electron chi connectivity index (χ3n) is 3.93. The van der Waals surface area contributed by atoms with Crippen LogP contribution >= 0.6 is 0 Å². The summed E-state index contributed by atoms with van der Waals surface area (Å²) in [6, 6.07) is 17.2. The summed E-state index contributed by atoms with van der Waals surface area (Å²) in [5.74, 6) is 0.456. The van der Waals surface area contributed by atoms with Gasteiger partial charge in [-0.1, -0.05) is 42.5 Å². The van der Waals surface area contributed by atoms with E-state index < -0.39 is 9.84 Å². The van der Waals surface area contributed by atoms with Crippen molar-refractivity contribution in [2.24, 2.45) is 0 Å². The van der Waals surface area contributed by atoms with E-state index in [1.807, 2.05) is 54.6 Å². The monoisotopic (exact) mass is 345 g/mol. The van der Waals surface area contributed by atoms with Crippen molar-refractivity contribution in [1.82, 2.24) is 5.32 Å². The Morgan fingerprint density at radius 1 is 1.04 bits per heavy atom. The van der Waals surface area contributed by atoms with Gasteiger partial charge in [-0.2, -0.15) is 0 Å². The predicted molar refractivity (Wildman–Crippen MR) is 92.6 cm³/mol.